The van der Waals surface area contributed by atoms with Crippen molar-refractivity contribution in [2.24, 2.45) is 5.41 Å². The Labute approximate surface area is 103 Å². The molecular formula is C13H22N4. The number of aromatic nitrogens is 2. The summed E-state index contributed by atoms with van der Waals surface area (Å²) in [5.74, 6) is 1.74. The molecule has 0 bridgehead atoms. The zero-order chi connectivity index (χ0) is 12.1. The minimum Gasteiger partial charge on any atom is -0.369 e. The van der Waals surface area contributed by atoms with Gasteiger partial charge in [-0.2, -0.15) is 0 Å². The Morgan fingerprint density at radius 3 is 2.47 bits per heavy atom. The number of nitrogens with zero attached hydrogens (tertiary/aromatic N) is 2. The van der Waals surface area contributed by atoms with Crippen molar-refractivity contribution < 1.29 is 0 Å². The predicted octanol–water partition coefficient (Wildman–Crippen LogP) is 2.90. The molecule has 17 heavy (non-hydrogen) atoms. The molecule has 0 atom stereocenters. The number of hydrogen-bond donors (Lipinski definition) is 2. The van der Waals surface area contributed by atoms with E-state index in [9.17, 15) is 0 Å². The Balaban J connectivity index is 1.87. The summed E-state index contributed by atoms with van der Waals surface area (Å²) in [6, 6.07) is 0. The highest BCUT2D eigenvalue weighted by molar-refractivity contribution is 5.41. The molecule has 4 heteroatoms. The first-order valence-corrected chi connectivity index (χ1v) is 6.58. The summed E-state index contributed by atoms with van der Waals surface area (Å²) in [7, 11) is 0. The van der Waals surface area contributed by atoms with Gasteiger partial charge in [-0.25, -0.2) is 4.98 Å². The van der Waals surface area contributed by atoms with Crippen LogP contribution in [0.25, 0.3) is 0 Å². The predicted molar refractivity (Wildman–Crippen MR) is 71.3 cm³/mol. The van der Waals surface area contributed by atoms with Gasteiger partial charge in [0.05, 0.1) is 12.4 Å². The van der Waals surface area contributed by atoms with E-state index in [0.29, 0.717) is 5.41 Å². The van der Waals surface area contributed by atoms with Gasteiger partial charge in [-0.3, -0.25) is 4.98 Å². The highest BCUT2D eigenvalue weighted by Crippen LogP contribution is 2.48. The quantitative estimate of drug-likeness (QED) is 0.761. The molecular weight excluding hydrogens is 212 g/mol. The maximum Gasteiger partial charge on any atom is 0.146 e. The zero-order valence-corrected chi connectivity index (χ0v) is 10.8. The lowest BCUT2D eigenvalue weighted by Gasteiger charge is -2.14. The molecule has 4 nitrogen and oxygen atoms in total. The van der Waals surface area contributed by atoms with Crippen LogP contribution >= 0.6 is 0 Å². The zero-order valence-electron chi connectivity index (χ0n) is 10.8. The Kier molecular flexibility index (Phi) is 3.82. The molecule has 2 rings (SSSR count). The fraction of sp³-hybridized carbons (Fsp3) is 0.692. The van der Waals surface area contributed by atoms with E-state index in [0.717, 1.165) is 31.1 Å². The average Bonchev–Trinajstić information content (AvgIpc) is 3.15. The Hall–Kier alpha value is -1.32. The standard InChI is InChI=1S/C13H22N4/c1-3-7-15-11-8-14-9-12(17-11)16-10-13(4-2)5-6-13/h8-9H,3-7,10H2,1-2H3,(H2,15,16,17). The van der Waals surface area contributed by atoms with E-state index in [1.807, 2.05) is 0 Å². The van der Waals surface area contributed by atoms with Crippen LogP contribution in [0.2, 0.25) is 0 Å². The second-order valence-corrected chi connectivity index (χ2v) is 4.92. The molecule has 1 aromatic heterocycles. The van der Waals surface area contributed by atoms with E-state index in [2.05, 4.69) is 34.4 Å². The van der Waals surface area contributed by atoms with Gasteiger partial charge in [-0.15, -0.1) is 0 Å². The van der Waals surface area contributed by atoms with Gasteiger partial charge in [-0.1, -0.05) is 13.8 Å². The lowest BCUT2D eigenvalue weighted by Crippen LogP contribution is -2.15. The van der Waals surface area contributed by atoms with Crippen LogP contribution in [0.3, 0.4) is 0 Å². The number of rotatable bonds is 7. The van der Waals surface area contributed by atoms with E-state index in [1.165, 1.54) is 19.3 Å². The average molecular weight is 234 g/mol. The summed E-state index contributed by atoms with van der Waals surface area (Å²) in [6.07, 6.45) is 8.60. The monoisotopic (exact) mass is 234 g/mol. The highest BCUT2D eigenvalue weighted by atomic mass is 15.1. The first kappa shape index (κ1) is 12.1. The van der Waals surface area contributed by atoms with Gasteiger partial charge in [0.1, 0.15) is 11.6 Å². The van der Waals surface area contributed by atoms with Crippen LogP contribution in [0.5, 0.6) is 0 Å². The van der Waals surface area contributed by atoms with Gasteiger partial charge in [0.25, 0.3) is 0 Å². The summed E-state index contributed by atoms with van der Waals surface area (Å²) in [5, 5.41) is 6.65. The molecule has 1 heterocycles. The van der Waals surface area contributed by atoms with Gasteiger partial charge < -0.3 is 10.6 Å². The van der Waals surface area contributed by atoms with Crippen LogP contribution in [0.15, 0.2) is 12.4 Å². The summed E-state index contributed by atoms with van der Waals surface area (Å²) >= 11 is 0. The molecule has 0 amide bonds. The fourth-order valence-electron chi connectivity index (χ4n) is 1.90. The molecule has 0 aliphatic heterocycles. The molecule has 0 radical (unpaired) electrons. The van der Waals surface area contributed by atoms with Crippen LogP contribution < -0.4 is 10.6 Å². The first-order valence-electron chi connectivity index (χ1n) is 6.58. The Morgan fingerprint density at radius 1 is 1.18 bits per heavy atom. The van der Waals surface area contributed by atoms with E-state index in [4.69, 9.17) is 0 Å². The molecule has 2 N–H and O–H groups in total. The van der Waals surface area contributed by atoms with Gasteiger partial charge in [0.2, 0.25) is 0 Å². The van der Waals surface area contributed by atoms with Crippen molar-refractivity contribution in [1.82, 2.24) is 9.97 Å². The minimum atomic E-state index is 0.536. The van der Waals surface area contributed by atoms with Crippen molar-refractivity contribution in [1.29, 1.82) is 0 Å². The third-order valence-corrected chi connectivity index (χ3v) is 3.54. The van der Waals surface area contributed by atoms with Gasteiger partial charge in [-0.05, 0) is 31.1 Å². The smallest absolute Gasteiger partial charge is 0.146 e. The summed E-state index contributed by atoms with van der Waals surface area (Å²) < 4.78 is 0. The molecule has 1 aromatic rings. The molecule has 0 unspecified atom stereocenters. The van der Waals surface area contributed by atoms with Crippen LogP contribution in [0, 0.1) is 5.41 Å². The van der Waals surface area contributed by atoms with Crippen LogP contribution in [-0.2, 0) is 0 Å². The maximum atomic E-state index is 4.49. The molecule has 94 valence electrons. The van der Waals surface area contributed by atoms with Crippen molar-refractivity contribution in [3.63, 3.8) is 0 Å². The lowest BCUT2D eigenvalue weighted by atomic mass is 10.0. The van der Waals surface area contributed by atoms with E-state index >= 15 is 0 Å². The first-order chi connectivity index (χ1) is 8.28. The normalized spacial score (nSPS) is 16.6. The van der Waals surface area contributed by atoms with Crippen molar-refractivity contribution in [2.45, 2.75) is 39.5 Å². The van der Waals surface area contributed by atoms with Crippen molar-refractivity contribution in [3.05, 3.63) is 12.4 Å². The van der Waals surface area contributed by atoms with Crippen LogP contribution in [-0.4, -0.2) is 23.1 Å². The van der Waals surface area contributed by atoms with Gasteiger partial charge in [0.15, 0.2) is 0 Å². The third-order valence-electron chi connectivity index (χ3n) is 3.54. The Morgan fingerprint density at radius 2 is 1.88 bits per heavy atom. The second-order valence-electron chi connectivity index (χ2n) is 4.92. The molecule has 0 spiro atoms. The Bertz CT molecular complexity index is 360. The molecule has 1 saturated carbocycles. The highest BCUT2D eigenvalue weighted by Gasteiger charge is 2.40. The third kappa shape index (κ3) is 3.32. The SMILES string of the molecule is CCCNc1cncc(NCC2(CC)CC2)n1. The van der Waals surface area contributed by atoms with Crippen molar-refractivity contribution >= 4 is 11.6 Å². The largest absolute Gasteiger partial charge is 0.369 e. The minimum absolute atomic E-state index is 0.536. The molecule has 1 fully saturated rings. The molecule has 1 aliphatic rings. The topological polar surface area (TPSA) is 49.8 Å². The van der Waals surface area contributed by atoms with Crippen LogP contribution in [0.1, 0.15) is 39.5 Å². The number of anilines is 2. The summed E-state index contributed by atoms with van der Waals surface area (Å²) in [5.41, 5.74) is 0.536. The number of hydrogen-bond acceptors (Lipinski definition) is 4. The number of nitrogens with one attached hydrogen (secondary N) is 2. The van der Waals surface area contributed by atoms with E-state index < -0.39 is 0 Å². The molecule has 0 saturated heterocycles. The lowest BCUT2D eigenvalue weighted by molar-refractivity contribution is 0.520. The summed E-state index contributed by atoms with van der Waals surface area (Å²) in [6.45, 7) is 6.37. The van der Waals surface area contributed by atoms with Gasteiger partial charge in [0, 0.05) is 13.1 Å². The fourth-order valence-corrected chi connectivity index (χ4v) is 1.90. The van der Waals surface area contributed by atoms with Crippen molar-refractivity contribution in [3.8, 4) is 0 Å². The second kappa shape index (κ2) is 5.34. The van der Waals surface area contributed by atoms with Gasteiger partial charge >= 0.3 is 0 Å². The van der Waals surface area contributed by atoms with E-state index in [-0.39, 0.29) is 0 Å². The van der Waals surface area contributed by atoms with Crippen LogP contribution in [0.4, 0.5) is 11.6 Å². The molecule has 0 aromatic carbocycles. The molecule has 1 aliphatic carbocycles. The summed E-state index contributed by atoms with van der Waals surface area (Å²) in [4.78, 5) is 8.69. The van der Waals surface area contributed by atoms with E-state index in [1.54, 1.807) is 12.4 Å². The van der Waals surface area contributed by atoms with Crippen molar-refractivity contribution in [2.75, 3.05) is 23.7 Å². The maximum absolute atomic E-state index is 4.49.